The average molecular weight is 427 g/mol. The molecule has 1 amide bonds. The Morgan fingerprint density at radius 2 is 2.10 bits per heavy atom. The van der Waals surface area contributed by atoms with Gasteiger partial charge in [0.25, 0.3) is 0 Å². The van der Waals surface area contributed by atoms with Gasteiger partial charge in [-0.1, -0.05) is 13.0 Å². The monoisotopic (exact) mass is 426 g/mol. The summed E-state index contributed by atoms with van der Waals surface area (Å²) >= 11 is 2.17. The summed E-state index contributed by atoms with van der Waals surface area (Å²) in [6.45, 7) is 4.13. The number of rotatable bonds is 7. The minimum Gasteiger partial charge on any atom is -0.480 e. The highest BCUT2D eigenvalue weighted by atomic mass is 127. The van der Waals surface area contributed by atoms with Crippen molar-refractivity contribution >= 4 is 52.6 Å². The zero-order valence-electron chi connectivity index (χ0n) is 12.0. The Labute approximate surface area is 144 Å². The van der Waals surface area contributed by atoms with E-state index in [1.54, 1.807) is 11.8 Å². The van der Waals surface area contributed by atoms with Crippen molar-refractivity contribution in [3.8, 4) is 0 Å². The predicted molar refractivity (Wildman–Crippen MR) is 94.0 cm³/mol. The van der Waals surface area contributed by atoms with E-state index in [4.69, 9.17) is 5.11 Å². The summed E-state index contributed by atoms with van der Waals surface area (Å²) in [5.74, 6) is -1.12. The zero-order valence-corrected chi connectivity index (χ0v) is 15.0. The van der Waals surface area contributed by atoms with Gasteiger partial charge in [-0.15, -0.1) is 12.4 Å². The Morgan fingerprint density at radius 3 is 2.62 bits per heavy atom. The van der Waals surface area contributed by atoms with E-state index in [2.05, 4.69) is 27.9 Å². The molecule has 1 aromatic rings. The quantitative estimate of drug-likeness (QED) is 0.658. The number of hydrogen-bond donors (Lipinski definition) is 2. The first kappa shape index (κ1) is 20.1. The maximum Gasteiger partial charge on any atom is 0.317 e. The van der Waals surface area contributed by atoms with Crippen molar-refractivity contribution in [3.63, 3.8) is 0 Å². The van der Waals surface area contributed by atoms with Crippen LogP contribution in [0.2, 0.25) is 0 Å². The van der Waals surface area contributed by atoms with Crippen LogP contribution in [0.1, 0.15) is 20.3 Å². The van der Waals surface area contributed by atoms with Crippen LogP contribution in [0.3, 0.4) is 0 Å². The second kappa shape index (κ2) is 9.97. The van der Waals surface area contributed by atoms with Gasteiger partial charge in [0, 0.05) is 9.26 Å². The molecule has 21 heavy (non-hydrogen) atoms. The fraction of sp³-hybridized carbons (Fsp3) is 0.429. The number of anilines is 1. The molecule has 0 saturated heterocycles. The third-order valence-corrected chi connectivity index (χ3v) is 3.54. The van der Waals surface area contributed by atoms with Crippen LogP contribution in [0.4, 0.5) is 5.69 Å². The number of nitrogens with zero attached hydrogens (tertiary/aromatic N) is 1. The maximum absolute atomic E-state index is 12.2. The fourth-order valence-electron chi connectivity index (χ4n) is 1.85. The highest BCUT2D eigenvalue weighted by Crippen LogP contribution is 2.13. The van der Waals surface area contributed by atoms with E-state index in [-0.39, 0.29) is 24.9 Å². The molecule has 1 rings (SSSR count). The van der Waals surface area contributed by atoms with Crippen LogP contribution in [0, 0.1) is 3.57 Å². The van der Waals surface area contributed by atoms with Crippen molar-refractivity contribution in [1.29, 1.82) is 0 Å². The Balaban J connectivity index is 0.00000400. The van der Waals surface area contributed by atoms with Crippen molar-refractivity contribution in [2.24, 2.45) is 0 Å². The van der Waals surface area contributed by atoms with Crippen molar-refractivity contribution in [3.05, 3.63) is 27.8 Å². The number of carbonyl (C=O) groups is 2. The van der Waals surface area contributed by atoms with Gasteiger partial charge in [0.1, 0.15) is 0 Å². The van der Waals surface area contributed by atoms with Crippen molar-refractivity contribution in [1.82, 2.24) is 4.90 Å². The molecule has 0 aliphatic carbocycles. The maximum atomic E-state index is 12.2. The minimum absolute atomic E-state index is 0. The van der Waals surface area contributed by atoms with Gasteiger partial charge >= 0.3 is 5.97 Å². The number of amides is 1. The number of carboxylic acids is 1. The molecule has 0 spiro atoms. The Morgan fingerprint density at radius 1 is 1.43 bits per heavy atom. The molecule has 1 atom stereocenters. The van der Waals surface area contributed by atoms with E-state index in [1.807, 2.05) is 31.2 Å². The summed E-state index contributed by atoms with van der Waals surface area (Å²) in [6, 6.07) is 7.00. The summed E-state index contributed by atoms with van der Waals surface area (Å²) < 4.78 is 1.03. The number of carboxylic acid groups (broad SMARTS) is 1. The molecular formula is C14H20ClIN2O3. The topological polar surface area (TPSA) is 69.6 Å². The molecule has 5 nitrogen and oxygen atoms in total. The van der Waals surface area contributed by atoms with E-state index in [0.29, 0.717) is 6.54 Å². The van der Waals surface area contributed by atoms with E-state index in [9.17, 15) is 9.59 Å². The highest BCUT2D eigenvalue weighted by Gasteiger charge is 2.22. The van der Waals surface area contributed by atoms with E-state index < -0.39 is 12.0 Å². The molecule has 7 heteroatoms. The molecule has 118 valence electrons. The normalized spacial score (nSPS) is 11.6. The molecule has 0 heterocycles. The molecule has 0 bridgehead atoms. The number of carbonyl (C=O) groups excluding carboxylic acids is 1. The van der Waals surface area contributed by atoms with Gasteiger partial charge < -0.3 is 10.4 Å². The SMILES string of the molecule is CCCN(CC(=O)O)C(C)C(=O)Nc1cccc(I)c1.Cl. The van der Waals surface area contributed by atoms with Crippen LogP contribution < -0.4 is 5.32 Å². The molecular weight excluding hydrogens is 407 g/mol. The Kier molecular flexibility index (Phi) is 9.56. The Bertz CT molecular complexity index is 485. The number of hydrogen-bond acceptors (Lipinski definition) is 3. The molecule has 0 aliphatic rings. The molecule has 0 aromatic heterocycles. The number of benzene rings is 1. The molecule has 0 fully saturated rings. The lowest BCUT2D eigenvalue weighted by molar-refractivity contribution is -0.139. The second-order valence-electron chi connectivity index (χ2n) is 4.54. The first-order valence-electron chi connectivity index (χ1n) is 6.46. The van der Waals surface area contributed by atoms with Gasteiger partial charge in [0.15, 0.2) is 0 Å². The van der Waals surface area contributed by atoms with Crippen LogP contribution in [0.5, 0.6) is 0 Å². The van der Waals surface area contributed by atoms with E-state index >= 15 is 0 Å². The predicted octanol–water partition coefficient (Wildman–Crippen LogP) is 2.84. The molecule has 1 unspecified atom stereocenters. The van der Waals surface area contributed by atoms with Gasteiger partial charge in [-0.25, -0.2) is 0 Å². The summed E-state index contributed by atoms with van der Waals surface area (Å²) in [4.78, 5) is 24.7. The van der Waals surface area contributed by atoms with Gasteiger partial charge in [-0.2, -0.15) is 0 Å². The second-order valence-corrected chi connectivity index (χ2v) is 5.79. The number of aliphatic carboxylic acids is 1. The summed E-state index contributed by atoms with van der Waals surface area (Å²) in [6.07, 6.45) is 0.800. The summed E-state index contributed by atoms with van der Waals surface area (Å²) in [7, 11) is 0. The average Bonchev–Trinajstić information content (AvgIpc) is 2.36. The van der Waals surface area contributed by atoms with Crippen molar-refractivity contribution in [2.45, 2.75) is 26.3 Å². The molecule has 0 saturated carbocycles. The lowest BCUT2D eigenvalue weighted by atomic mass is 10.2. The Hall–Kier alpha value is -0.860. The van der Waals surface area contributed by atoms with E-state index in [0.717, 1.165) is 15.7 Å². The molecule has 2 N–H and O–H groups in total. The molecule has 0 radical (unpaired) electrons. The van der Waals surface area contributed by atoms with Crippen LogP contribution in [0.15, 0.2) is 24.3 Å². The largest absolute Gasteiger partial charge is 0.480 e. The van der Waals surface area contributed by atoms with Crippen LogP contribution in [-0.4, -0.2) is 41.0 Å². The standard InChI is InChI=1S/C14H19IN2O3.ClH/c1-3-7-17(9-13(18)19)10(2)14(20)16-12-6-4-5-11(15)8-12;/h4-6,8,10H,3,7,9H2,1-2H3,(H,16,20)(H,18,19);1H. The first-order valence-corrected chi connectivity index (χ1v) is 7.54. The lowest BCUT2D eigenvalue weighted by Gasteiger charge is -2.26. The first-order chi connectivity index (χ1) is 9.43. The minimum atomic E-state index is -0.924. The number of halogens is 2. The smallest absolute Gasteiger partial charge is 0.317 e. The van der Waals surface area contributed by atoms with Gasteiger partial charge in [-0.05, 0) is 60.7 Å². The molecule has 0 aliphatic heterocycles. The van der Waals surface area contributed by atoms with Gasteiger partial charge in [-0.3, -0.25) is 14.5 Å². The highest BCUT2D eigenvalue weighted by molar-refractivity contribution is 14.1. The summed E-state index contributed by atoms with van der Waals surface area (Å²) in [5, 5.41) is 11.7. The fourth-order valence-corrected chi connectivity index (χ4v) is 2.39. The number of nitrogens with one attached hydrogen (secondary N) is 1. The molecule has 1 aromatic carbocycles. The van der Waals surface area contributed by atoms with Gasteiger partial charge in [0.05, 0.1) is 12.6 Å². The van der Waals surface area contributed by atoms with Crippen LogP contribution in [0.25, 0.3) is 0 Å². The van der Waals surface area contributed by atoms with Crippen LogP contribution in [-0.2, 0) is 9.59 Å². The summed E-state index contributed by atoms with van der Waals surface area (Å²) in [5.41, 5.74) is 0.723. The van der Waals surface area contributed by atoms with E-state index in [1.165, 1.54) is 0 Å². The van der Waals surface area contributed by atoms with Crippen molar-refractivity contribution < 1.29 is 14.7 Å². The zero-order chi connectivity index (χ0) is 15.1. The van der Waals surface area contributed by atoms with Crippen LogP contribution >= 0.6 is 35.0 Å². The third-order valence-electron chi connectivity index (χ3n) is 2.87. The lowest BCUT2D eigenvalue weighted by Crippen LogP contribution is -2.44. The van der Waals surface area contributed by atoms with Crippen molar-refractivity contribution in [2.75, 3.05) is 18.4 Å². The van der Waals surface area contributed by atoms with Gasteiger partial charge in [0.2, 0.25) is 5.91 Å². The third kappa shape index (κ3) is 7.10.